The van der Waals surface area contributed by atoms with Gasteiger partial charge in [0.2, 0.25) is 0 Å². The van der Waals surface area contributed by atoms with Gasteiger partial charge < -0.3 is 15.1 Å². The van der Waals surface area contributed by atoms with Crippen LogP contribution in [0.25, 0.3) is 11.0 Å². The lowest BCUT2D eigenvalue weighted by Crippen LogP contribution is -2.15. The number of nitrogens with two attached hydrogens (primary N) is 1. The molecule has 1 aromatic carbocycles. The second kappa shape index (κ2) is 3.75. The molecule has 2 N–H and O–H groups in total. The van der Waals surface area contributed by atoms with Crippen LogP contribution in [0.15, 0.2) is 47.2 Å². The van der Waals surface area contributed by atoms with Crippen LogP contribution in [0.2, 0.25) is 0 Å². The third kappa shape index (κ3) is 1.57. The van der Waals surface area contributed by atoms with Crippen LogP contribution in [0.3, 0.4) is 0 Å². The van der Waals surface area contributed by atoms with Crippen molar-refractivity contribution in [3.05, 3.63) is 53.9 Å². The summed E-state index contributed by atoms with van der Waals surface area (Å²) < 4.78 is 5.43. The average Bonchev–Trinajstić information content (AvgIpc) is 3.03. The molecule has 0 fully saturated rings. The fourth-order valence-corrected chi connectivity index (χ4v) is 2.70. The number of pyridine rings is 1. The molecule has 0 radical (unpaired) electrons. The van der Waals surface area contributed by atoms with Crippen LogP contribution in [-0.4, -0.2) is 4.98 Å². The molecule has 4 heteroatoms. The first-order valence-electron chi connectivity index (χ1n) is 6.26. The van der Waals surface area contributed by atoms with Gasteiger partial charge in [0.05, 0.1) is 11.6 Å². The van der Waals surface area contributed by atoms with E-state index in [4.69, 9.17) is 10.2 Å². The Hall–Kier alpha value is -2.49. The molecule has 19 heavy (non-hydrogen) atoms. The van der Waals surface area contributed by atoms with E-state index in [0.29, 0.717) is 0 Å². The van der Waals surface area contributed by atoms with Gasteiger partial charge in [0, 0.05) is 25.0 Å². The van der Waals surface area contributed by atoms with Crippen LogP contribution in [0, 0.1) is 0 Å². The van der Waals surface area contributed by atoms with Gasteiger partial charge in [-0.15, -0.1) is 0 Å². The van der Waals surface area contributed by atoms with Crippen LogP contribution in [-0.2, 0) is 13.1 Å². The third-order valence-corrected chi connectivity index (χ3v) is 3.61. The molecule has 0 saturated carbocycles. The molecule has 2 aromatic heterocycles. The van der Waals surface area contributed by atoms with E-state index in [1.54, 1.807) is 12.5 Å². The summed E-state index contributed by atoms with van der Waals surface area (Å²) in [5, 5.41) is 1.06. The van der Waals surface area contributed by atoms with Crippen molar-refractivity contribution in [3.63, 3.8) is 0 Å². The van der Waals surface area contributed by atoms with Gasteiger partial charge in [-0.2, -0.15) is 0 Å². The highest BCUT2D eigenvalue weighted by Crippen LogP contribution is 2.32. The Labute approximate surface area is 110 Å². The fourth-order valence-electron chi connectivity index (χ4n) is 2.70. The molecule has 0 aliphatic carbocycles. The summed E-state index contributed by atoms with van der Waals surface area (Å²) in [6.07, 6.45) is 3.50. The molecule has 4 rings (SSSR count). The summed E-state index contributed by atoms with van der Waals surface area (Å²) in [7, 11) is 0. The van der Waals surface area contributed by atoms with E-state index < -0.39 is 0 Å². The van der Waals surface area contributed by atoms with Crippen molar-refractivity contribution < 1.29 is 4.42 Å². The summed E-state index contributed by atoms with van der Waals surface area (Å²) in [6, 6.07) is 9.95. The van der Waals surface area contributed by atoms with E-state index in [0.717, 1.165) is 35.6 Å². The van der Waals surface area contributed by atoms with E-state index in [-0.39, 0.29) is 0 Å². The first-order chi connectivity index (χ1) is 9.31. The lowest BCUT2D eigenvalue weighted by Gasteiger charge is -2.16. The third-order valence-electron chi connectivity index (χ3n) is 3.61. The minimum atomic E-state index is 0.815. The van der Waals surface area contributed by atoms with Crippen LogP contribution in [0.5, 0.6) is 0 Å². The maximum Gasteiger partial charge on any atom is 0.140 e. The Morgan fingerprint density at radius 3 is 2.95 bits per heavy atom. The normalized spacial score (nSPS) is 14.0. The molecule has 0 amide bonds. The molecule has 94 valence electrons. The zero-order chi connectivity index (χ0) is 12.8. The number of aromatic nitrogens is 1. The van der Waals surface area contributed by atoms with Crippen molar-refractivity contribution in [3.8, 4) is 0 Å². The number of hydrogen-bond donors (Lipinski definition) is 1. The minimum Gasteiger partial charge on any atom is -0.464 e. The quantitative estimate of drug-likeness (QED) is 0.676. The number of benzene rings is 1. The molecular weight excluding hydrogens is 238 g/mol. The Kier molecular flexibility index (Phi) is 2.06. The molecule has 1 aliphatic heterocycles. The van der Waals surface area contributed by atoms with Gasteiger partial charge in [-0.1, -0.05) is 6.07 Å². The van der Waals surface area contributed by atoms with Crippen LogP contribution < -0.4 is 10.6 Å². The zero-order valence-electron chi connectivity index (χ0n) is 10.3. The summed E-state index contributed by atoms with van der Waals surface area (Å²) in [6.45, 7) is 1.71. The predicted molar refractivity (Wildman–Crippen MR) is 74.8 cm³/mol. The number of anilines is 2. The topological polar surface area (TPSA) is 55.3 Å². The first kappa shape index (κ1) is 10.4. The second-order valence-corrected chi connectivity index (χ2v) is 4.85. The predicted octanol–water partition coefficient (Wildman–Crippen LogP) is 2.93. The van der Waals surface area contributed by atoms with Gasteiger partial charge in [0.15, 0.2) is 0 Å². The van der Waals surface area contributed by atoms with Gasteiger partial charge in [-0.3, -0.25) is 0 Å². The second-order valence-electron chi connectivity index (χ2n) is 4.85. The Balaban J connectivity index is 1.78. The molecule has 0 bridgehead atoms. The molecule has 0 unspecified atom stereocenters. The first-order valence-corrected chi connectivity index (χ1v) is 6.26. The number of rotatable bonds is 1. The summed E-state index contributed by atoms with van der Waals surface area (Å²) in [5.41, 5.74) is 10.1. The van der Waals surface area contributed by atoms with Gasteiger partial charge in [0.25, 0.3) is 0 Å². The maximum atomic E-state index is 5.84. The molecule has 1 aliphatic rings. The average molecular weight is 251 g/mol. The molecule has 0 spiro atoms. The highest BCUT2D eigenvalue weighted by atomic mass is 16.3. The van der Waals surface area contributed by atoms with Crippen LogP contribution in [0.4, 0.5) is 11.5 Å². The van der Waals surface area contributed by atoms with Gasteiger partial charge in [-0.05, 0) is 35.4 Å². The Morgan fingerprint density at radius 1 is 1.11 bits per heavy atom. The van der Waals surface area contributed by atoms with Gasteiger partial charge in [-0.25, -0.2) is 4.98 Å². The van der Waals surface area contributed by atoms with Crippen molar-refractivity contribution in [2.24, 2.45) is 0 Å². The van der Waals surface area contributed by atoms with Gasteiger partial charge >= 0.3 is 0 Å². The zero-order valence-corrected chi connectivity index (χ0v) is 10.3. The Bertz CT molecular complexity index is 763. The monoisotopic (exact) mass is 251 g/mol. The number of hydrogen-bond acceptors (Lipinski definition) is 4. The molecule has 0 atom stereocenters. The number of nitrogen functional groups attached to an aromatic ring is 1. The highest BCUT2D eigenvalue weighted by Gasteiger charge is 2.22. The van der Waals surface area contributed by atoms with E-state index >= 15 is 0 Å². The van der Waals surface area contributed by atoms with E-state index in [1.165, 1.54) is 11.1 Å². The molecule has 0 saturated heterocycles. The van der Waals surface area contributed by atoms with E-state index in [1.807, 2.05) is 24.3 Å². The van der Waals surface area contributed by atoms with Crippen LogP contribution in [0.1, 0.15) is 11.1 Å². The molecule has 4 nitrogen and oxygen atoms in total. The number of nitrogens with zero attached hydrogens (tertiary/aromatic N) is 2. The summed E-state index contributed by atoms with van der Waals surface area (Å²) in [4.78, 5) is 6.75. The van der Waals surface area contributed by atoms with E-state index in [9.17, 15) is 0 Å². The smallest absolute Gasteiger partial charge is 0.140 e. The summed E-state index contributed by atoms with van der Waals surface area (Å²) in [5.74, 6) is 0.973. The fraction of sp³-hybridized carbons (Fsp3) is 0.133. The van der Waals surface area contributed by atoms with Crippen molar-refractivity contribution in [2.45, 2.75) is 13.1 Å². The SMILES string of the molecule is Nc1ccc2c(c1)CN(c1nccc3occc13)C2. The maximum absolute atomic E-state index is 5.84. The molecular formula is C15H13N3O. The lowest BCUT2D eigenvalue weighted by atomic mass is 10.1. The largest absolute Gasteiger partial charge is 0.464 e. The van der Waals surface area contributed by atoms with Crippen molar-refractivity contribution >= 4 is 22.5 Å². The standard InChI is InChI=1S/C15H13N3O/c16-12-2-1-10-8-18(9-11(10)7-12)15-13-4-6-19-14(13)3-5-17-15/h1-7H,8-9,16H2. The molecule has 3 heterocycles. The van der Waals surface area contributed by atoms with Crippen LogP contribution >= 0.6 is 0 Å². The minimum absolute atomic E-state index is 0.815. The lowest BCUT2D eigenvalue weighted by molar-refractivity contribution is 0.615. The highest BCUT2D eigenvalue weighted by molar-refractivity contribution is 5.88. The van der Waals surface area contributed by atoms with Crippen molar-refractivity contribution in [1.29, 1.82) is 0 Å². The van der Waals surface area contributed by atoms with E-state index in [2.05, 4.69) is 16.0 Å². The van der Waals surface area contributed by atoms with Crippen molar-refractivity contribution in [2.75, 3.05) is 10.6 Å². The molecule has 3 aromatic rings. The number of furan rings is 1. The van der Waals surface area contributed by atoms with Gasteiger partial charge in [0.1, 0.15) is 11.4 Å². The number of fused-ring (bicyclic) bond motifs is 2. The van der Waals surface area contributed by atoms with Crippen molar-refractivity contribution in [1.82, 2.24) is 4.98 Å². The summed E-state index contributed by atoms with van der Waals surface area (Å²) >= 11 is 0. The Morgan fingerprint density at radius 2 is 2.00 bits per heavy atom.